The molecule has 1 fully saturated rings. The van der Waals surface area contributed by atoms with E-state index in [0.29, 0.717) is 60.7 Å². The van der Waals surface area contributed by atoms with Gasteiger partial charge in [-0.2, -0.15) is 5.26 Å². The van der Waals surface area contributed by atoms with Crippen molar-refractivity contribution in [2.75, 3.05) is 24.2 Å². The van der Waals surface area contributed by atoms with Crippen molar-refractivity contribution < 1.29 is 24.6 Å². The number of carboxylic acid groups (broad SMARTS) is 2. The maximum Gasteiger partial charge on any atom is 0.306 e. The Labute approximate surface area is 167 Å². The van der Waals surface area contributed by atoms with E-state index < -0.39 is 11.9 Å². The molecule has 2 rings (SSSR count). The number of nitriles is 1. The molecule has 0 unspecified atom stereocenters. The van der Waals surface area contributed by atoms with Crippen molar-refractivity contribution >= 4 is 35.3 Å². The van der Waals surface area contributed by atoms with E-state index in [4.69, 9.17) is 10.2 Å². The molecule has 1 aromatic rings. The minimum absolute atomic E-state index is 0.0234. The SMILES string of the molecule is CSc1nc(N2CCC(C(=O)O)CC2)c(C#N)cc1C(=O)CCCCC(=O)O. The third-order valence-corrected chi connectivity index (χ3v) is 5.47. The molecule has 1 saturated heterocycles. The van der Waals surface area contributed by atoms with Crippen molar-refractivity contribution in [3.05, 3.63) is 17.2 Å². The molecule has 1 aliphatic rings. The summed E-state index contributed by atoms with van der Waals surface area (Å²) in [5, 5.41) is 27.9. The second kappa shape index (κ2) is 10.1. The summed E-state index contributed by atoms with van der Waals surface area (Å²) in [6.45, 7) is 0.990. The van der Waals surface area contributed by atoms with Gasteiger partial charge in [0.1, 0.15) is 16.9 Å². The molecule has 0 radical (unpaired) electrons. The number of aliphatic carboxylic acids is 2. The topological polar surface area (TPSA) is 132 Å². The highest BCUT2D eigenvalue weighted by Gasteiger charge is 2.27. The zero-order valence-corrected chi connectivity index (χ0v) is 16.5. The molecule has 1 aliphatic heterocycles. The standard InChI is InChI=1S/C19H23N3O5S/c1-28-18-14(15(23)4-2-3-5-16(24)25)10-13(11-20)17(21-18)22-8-6-12(7-9-22)19(26)27/h10,12H,2-9H2,1H3,(H,24,25)(H,26,27). The third-order valence-electron chi connectivity index (χ3n) is 4.77. The zero-order valence-electron chi connectivity index (χ0n) is 15.7. The molecule has 0 aliphatic carbocycles. The molecule has 0 aromatic carbocycles. The molecular formula is C19H23N3O5S. The summed E-state index contributed by atoms with van der Waals surface area (Å²) in [6.07, 6.45) is 3.89. The molecule has 2 heterocycles. The van der Waals surface area contributed by atoms with E-state index in [0.717, 1.165) is 0 Å². The number of nitrogens with zero attached hydrogens (tertiary/aromatic N) is 3. The largest absolute Gasteiger partial charge is 0.481 e. The Bertz CT molecular complexity index is 797. The Morgan fingerprint density at radius 3 is 2.43 bits per heavy atom. The van der Waals surface area contributed by atoms with Crippen LogP contribution in [0.15, 0.2) is 11.1 Å². The van der Waals surface area contributed by atoms with Gasteiger partial charge in [0, 0.05) is 25.9 Å². The number of hydrogen-bond donors (Lipinski definition) is 2. The molecule has 28 heavy (non-hydrogen) atoms. The number of Topliss-reactive ketones (excluding diaryl/α,β-unsaturated/α-hetero) is 1. The number of unbranched alkanes of at least 4 members (excludes halogenated alkanes) is 1. The predicted octanol–water partition coefficient (Wildman–Crippen LogP) is 2.80. The maximum absolute atomic E-state index is 12.6. The molecule has 9 heteroatoms. The van der Waals surface area contributed by atoms with Crippen molar-refractivity contribution in [3.63, 3.8) is 0 Å². The highest BCUT2D eigenvalue weighted by atomic mass is 32.2. The number of rotatable bonds is 9. The molecule has 8 nitrogen and oxygen atoms in total. The Morgan fingerprint density at radius 2 is 1.89 bits per heavy atom. The number of thioether (sulfide) groups is 1. The number of piperidine rings is 1. The Kier molecular flexibility index (Phi) is 7.81. The fraction of sp³-hybridized carbons (Fsp3) is 0.526. The van der Waals surface area contributed by atoms with E-state index in [1.807, 2.05) is 4.90 Å². The number of carboxylic acids is 2. The van der Waals surface area contributed by atoms with E-state index in [-0.39, 0.29) is 24.5 Å². The molecule has 150 valence electrons. The van der Waals surface area contributed by atoms with Gasteiger partial charge in [-0.3, -0.25) is 14.4 Å². The quantitative estimate of drug-likeness (QED) is 0.361. The first-order chi connectivity index (χ1) is 13.4. The van der Waals surface area contributed by atoms with Gasteiger partial charge in [0.25, 0.3) is 0 Å². The summed E-state index contributed by atoms with van der Waals surface area (Å²) in [5.74, 6) is -1.75. The van der Waals surface area contributed by atoms with Crippen LogP contribution in [0.2, 0.25) is 0 Å². The number of anilines is 1. The summed E-state index contributed by atoms with van der Waals surface area (Å²) in [7, 11) is 0. The first kappa shape index (κ1) is 21.7. The van der Waals surface area contributed by atoms with Gasteiger partial charge in [-0.15, -0.1) is 11.8 Å². The van der Waals surface area contributed by atoms with E-state index >= 15 is 0 Å². The highest BCUT2D eigenvalue weighted by molar-refractivity contribution is 7.98. The monoisotopic (exact) mass is 405 g/mol. The van der Waals surface area contributed by atoms with Crippen LogP contribution in [0.25, 0.3) is 0 Å². The molecule has 2 N–H and O–H groups in total. The van der Waals surface area contributed by atoms with Crippen LogP contribution >= 0.6 is 11.8 Å². The van der Waals surface area contributed by atoms with Gasteiger partial charge in [-0.05, 0) is 38.0 Å². The van der Waals surface area contributed by atoms with E-state index in [2.05, 4.69) is 11.1 Å². The highest BCUT2D eigenvalue weighted by Crippen LogP contribution is 2.30. The number of carbonyl (C=O) groups excluding carboxylic acids is 1. The first-order valence-electron chi connectivity index (χ1n) is 9.09. The molecular weight excluding hydrogens is 382 g/mol. The number of aromatic nitrogens is 1. The molecule has 0 spiro atoms. The zero-order chi connectivity index (χ0) is 20.7. The van der Waals surface area contributed by atoms with Crippen LogP contribution in [0.5, 0.6) is 0 Å². The van der Waals surface area contributed by atoms with Gasteiger partial charge in [0.05, 0.1) is 17.0 Å². The number of carbonyl (C=O) groups is 3. The Hall–Kier alpha value is -2.60. The molecule has 0 atom stereocenters. The Balaban J connectivity index is 2.17. The van der Waals surface area contributed by atoms with Crippen molar-refractivity contribution in [2.24, 2.45) is 5.92 Å². The smallest absolute Gasteiger partial charge is 0.306 e. The molecule has 0 saturated carbocycles. The predicted molar refractivity (Wildman–Crippen MR) is 104 cm³/mol. The summed E-state index contributed by atoms with van der Waals surface area (Å²) in [6, 6.07) is 3.65. The van der Waals surface area contributed by atoms with Gasteiger partial charge in [-0.25, -0.2) is 4.98 Å². The van der Waals surface area contributed by atoms with Gasteiger partial charge >= 0.3 is 11.9 Å². The van der Waals surface area contributed by atoms with Crippen molar-refractivity contribution in [2.45, 2.75) is 43.6 Å². The number of hydrogen-bond acceptors (Lipinski definition) is 7. The van der Waals surface area contributed by atoms with Gasteiger partial charge in [-0.1, -0.05) is 0 Å². The maximum atomic E-state index is 12.6. The second-order valence-electron chi connectivity index (χ2n) is 6.65. The third kappa shape index (κ3) is 5.45. The van der Waals surface area contributed by atoms with Crippen molar-refractivity contribution in [1.82, 2.24) is 4.98 Å². The lowest BCUT2D eigenvalue weighted by Crippen LogP contribution is -2.37. The lowest BCUT2D eigenvalue weighted by molar-refractivity contribution is -0.142. The van der Waals surface area contributed by atoms with Crippen molar-refractivity contribution in [3.8, 4) is 6.07 Å². The minimum Gasteiger partial charge on any atom is -0.481 e. The van der Waals surface area contributed by atoms with Gasteiger partial charge in [0.15, 0.2) is 5.78 Å². The number of ketones is 1. The van der Waals surface area contributed by atoms with Crippen LogP contribution in [0.1, 0.15) is 54.4 Å². The summed E-state index contributed by atoms with van der Waals surface area (Å²) >= 11 is 1.31. The molecule has 1 aromatic heterocycles. The normalized spacial score (nSPS) is 14.5. The molecule has 0 amide bonds. The van der Waals surface area contributed by atoms with E-state index in [1.54, 1.807) is 12.3 Å². The first-order valence-corrected chi connectivity index (χ1v) is 10.3. The van der Waals surface area contributed by atoms with Crippen LogP contribution < -0.4 is 4.90 Å². The van der Waals surface area contributed by atoms with Crippen molar-refractivity contribution in [1.29, 1.82) is 5.26 Å². The minimum atomic E-state index is -0.887. The number of pyridine rings is 1. The summed E-state index contributed by atoms with van der Waals surface area (Å²) in [5.41, 5.74) is 0.670. The fourth-order valence-corrected chi connectivity index (χ4v) is 3.77. The summed E-state index contributed by atoms with van der Waals surface area (Å²) < 4.78 is 0. The van der Waals surface area contributed by atoms with Crippen LogP contribution in [0, 0.1) is 17.2 Å². The second-order valence-corrected chi connectivity index (χ2v) is 7.45. The van der Waals surface area contributed by atoms with E-state index in [9.17, 15) is 19.6 Å². The van der Waals surface area contributed by atoms with Crippen LogP contribution in [0.4, 0.5) is 5.82 Å². The van der Waals surface area contributed by atoms with Gasteiger partial charge < -0.3 is 15.1 Å². The summed E-state index contributed by atoms with van der Waals surface area (Å²) in [4.78, 5) is 40.7. The van der Waals surface area contributed by atoms with Crippen LogP contribution in [0.3, 0.4) is 0 Å². The Morgan fingerprint density at radius 1 is 1.25 bits per heavy atom. The average Bonchev–Trinajstić information content (AvgIpc) is 2.69. The molecule has 0 bridgehead atoms. The lowest BCUT2D eigenvalue weighted by Gasteiger charge is -2.31. The van der Waals surface area contributed by atoms with Crippen LogP contribution in [-0.2, 0) is 9.59 Å². The van der Waals surface area contributed by atoms with Crippen LogP contribution in [-0.4, -0.2) is 52.3 Å². The lowest BCUT2D eigenvalue weighted by atomic mass is 9.96. The van der Waals surface area contributed by atoms with Gasteiger partial charge in [0.2, 0.25) is 0 Å². The van der Waals surface area contributed by atoms with E-state index in [1.165, 1.54) is 11.8 Å². The average molecular weight is 405 g/mol. The fourth-order valence-electron chi connectivity index (χ4n) is 3.20.